The summed E-state index contributed by atoms with van der Waals surface area (Å²) in [5.41, 5.74) is 8.23. The molecule has 0 aliphatic rings. The van der Waals surface area contributed by atoms with Crippen LogP contribution in [0.2, 0.25) is 0 Å². The number of benzene rings is 4. The minimum atomic E-state index is 0.277. The average molecular weight is 505 g/mol. The van der Waals surface area contributed by atoms with Gasteiger partial charge in [-0.2, -0.15) is 0 Å². The van der Waals surface area contributed by atoms with E-state index in [-0.39, 0.29) is 11.9 Å². The van der Waals surface area contributed by atoms with E-state index in [1.165, 1.54) is 11.1 Å². The van der Waals surface area contributed by atoms with Crippen molar-refractivity contribution in [1.29, 1.82) is 10.8 Å². The molecular weight excluding hydrogens is 468 g/mol. The second-order valence-electron chi connectivity index (χ2n) is 9.65. The van der Waals surface area contributed by atoms with Gasteiger partial charge in [0, 0.05) is 35.8 Å². The lowest BCUT2D eigenvalue weighted by molar-refractivity contribution is 0.905. The number of rotatable bonds is 7. The fraction of sp³-hybridized carbons (Fsp3) is 0.188. The lowest BCUT2D eigenvalue weighted by Gasteiger charge is -2.31. The first-order chi connectivity index (χ1) is 18.3. The second kappa shape index (κ2) is 12.1. The highest BCUT2D eigenvalue weighted by molar-refractivity contribution is 6.05. The highest BCUT2D eigenvalue weighted by Gasteiger charge is 2.18. The van der Waals surface area contributed by atoms with Crippen LogP contribution in [0.25, 0.3) is 0 Å². The topological polar surface area (TPSA) is 78.2 Å². The normalized spacial score (nSPS) is 10.5. The average Bonchev–Trinajstić information content (AvgIpc) is 2.91. The Hall–Kier alpha value is -4.58. The van der Waals surface area contributed by atoms with Crippen LogP contribution < -0.4 is 20.4 Å². The molecule has 0 heterocycles. The molecule has 6 nitrogen and oxygen atoms in total. The van der Waals surface area contributed by atoms with Crippen LogP contribution in [0.15, 0.2) is 97.1 Å². The van der Waals surface area contributed by atoms with Gasteiger partial charge in [0.15, 0.2) is 11.9 Å². The van der Waals surface area contributed by atoms with Crippen molar-refractivity contribution in [3.05, 3.63) is 119 Å². The summed E-state index contributed by atoms with van der Waals surface area (Å²) in [4.78, 5) is 3.89. The molecule has 6 heteroatoms. The van der Waals surface area contributed by atoms with Gasteiger partial charge in [-0.15, -0.1) is 0 Å². The molecule has 4 rings (SSSR count). The number of guanidine groups is 2. The smallest absolute Gasteiger partial charge is 0.200 e. The van der Waals surface area contributed by atoms with E-state index >= 15 is 0 Å². The number of aryl methyl sites for hydroxylation is 4. The van der Waals surface area contributed by atoms with Crippen LogP contribution in [-0.2, 0) is 0 Å². The van der Waals surface area contributed by atoms with Crippen molar-refractivity contribution in [2.45, 2.75) is 27.7 Å². The summed E-state index contributed by atoms with van der Waals surface area (Å²) in [6.45, 7) is 9.20. The molecule has 0 aliphatic heterocycles. The maximum atomic E-state index is 8.94. The Morgan fingerprint density at radius 3 is 1.03 bits per heavy atom. The quantitative estimate of drug-likeness (QED) is 0.157. The molecule has 0 spiro atoms. The number of nitrogens with zero attached hydrogens (tertiary/aromatic N) is 2. The van der Waals surface area contributed by atoms with Gasteiger partial charge >= 0.3 is 0 Å². The predicted octanol–water partition coefficient (Wildman–Crippen LogP) is 7.33. The van der Waals surface area contributed by atoms with E-state index in [9.17, 15) is 0 Å². The monoisotopic (exact) mass is 504 g/mol. The number of hydrogen-bond acceptors (Lipinski definition) is 2. The summed E-state index contributed by atoms with van der Waals surface area (Å²) in [6, 6.07) is 32.4. The third-order valence-corrected chi connectivity index (χ3v) is 6.41. The van der Waals surface area contributed by atoms with E-state index < -0.39 is 0 Å². The predicted molar refractivity (Wildman–Crippen MR) is 162 cm³/mol. The number of hydrogen-bond donors (Lipinski definition) is 4. The van der Waals surface area contributed by atoms with E-state index in [2.05, 4.69) is 48.7 Å². The van der Waals surface area contributed by atoms with Gasteiger partial charge in [-0.25, -0.2) is 0 Å². The van der Waals surface area contributed by atoms with Crippen LogP contribution in [-0.4, -0.2) is 25.0 Å². The molecule has 0 fully saturated rings. The van der Waals surface area contributed by atoms with Crippen molar-refractivity contribution in [3.63, 3.8) is 0 Å². The Morgan fingerprint density at radius 2 is 0.737 bits per heavy atom. The van der Waals surface area contributed by atoms with Crippen LogP contribution in [0.5, 0.6) is 0 Å². The van der Waals surface area contributed by atoms with Crippen molar-refractivity contribution in [1.82, 2.24) is 0 Å². The molecule has 0 amide bonds. The Bertz CT molecular complexity index is 1250. The molecule has 0 saturated heterocycles. The van der Waals surface area contributed by atoms with Gasteiger partial charge in [0.25, 0.3) is 0 Å². The Labute approximate surface area is 226 Å². The van der Waals surface area contributed by atoms with Crippen molar-refractivity contribution >= 4 is 34.7 Å². The van der Waals surface area contributed by atoms with E-state index in [1.54, 1.807) is 0 Å². The van der Waals surface area contributed by atoms with Gasteiger partial charge in [-0.3, -0.25) is 10.8 Å². The Balaban J connectivity index is 1.58. The zero-order valence-electron chi connectivity index (χ0n) is 22.5. The van der Waals surface area contributed by atoms with Crippen LogP contribution in [0.3, 0.4) is 0 Å². The maximum absolute atomic E-state index is 8.94. The molecule has 0 aliphatic carbocycles. The van der Waals surface area contributed by atoms with Gasteiger partial charge in [0.05, 0.1) is 0 Å². The third-order valence-electron chi connectivity index (χ3n) is 6.41. The van der Waals surface area contributed by atoms with E-state index in [4.69, 9.17) is 10.8 Å². The van der Waals surface area contributed by atoms with E-state index in [0.717, 1.165) is 33.9 Å². The number of nitrogens with one attached hydrogen (secondary N) is 4. The van der Waals surface area contributed by atoms with Gasteiger partial charge in [0.1, 0.15) is 0 Å². The maximum Gasteiger partial charge on any atom is 0.200 e. The van der Waals surface area contributed by atoms with Gasteiger partial charge in [0.2, 0.25) is 0 Å². The fourth-order valence-corrected chi connectivity index (χ4v) is 4.07. The van der Waals surface area contributed by atoms with Crippen LogP contribution in [0.4, 0.5) is 22.7 Å². The Morgan fingerprint density at radius 1 is 0.474 bits per heavy atom. The molecule has 4 N–H and O–H groups in total. The minimum Gasteiger partial charge on any atom is -0.326 e. The van der Waals surface area contributed by atoms with E-state index in [1.807, 2.05) is 96.4 Å². The third kappa shape index (κ3) is 7.01. The molecule has 0 saturated carbocycles. The molecule has 0 aromatic heterocycles. The molecule has 38 heavy (non-hydrogen) atoms. The van der Waals surface area contributed by atoms with Crippen molar-refractivity contribution < 1.29 is 0 Å². The minimum absolute atomic E-state index is 0.277. The van der Waals surface area contributed by atoms with Gasteiger partial charge in [-0.1, -0.05) is 70.8 Å². The molecule has 0 atom stereocenters. The Kier molecular flexibility index (Phi) is 8.44. The fourth-order valence-electron chi connectivity index (χ4n) is 4.07. The first kappa shape index (κ1) is 26.5. The molecule has 0 bridgehead atoms. The summed E-state index contributed by atoms with van der Waals surface area (Å²) in [5.74, 6) is 0.555. The van der Waals surface area contributed by atoms with E-state index in [0.29, 0.717) is 13.1 Å². The molecule has 0 unspecified atom stereocenters. The first-order valence-corrected chi connectivity index (χ1v) is 12.8. The van der Waals surface area contributed by atoms with Crippen molar-refractivity contribution in [3.8, 4) is 0 Å². The zero-order chi connectivity index (χ0) is 27.1. The SMILES string of the molecule is Cc1ccc(NC(=N)N(CCN(C(=N)Nc2ccc(C)cc2)c2ccc(C)cc2)c2ccc(C)cc2)cc1. The van der Waals surface area contributed by atoms with Crippen LogP contribution in [0, 0.1) is 38.5 Å². The molecule has 4 aromatic rings. The summed E-state index contributed by atoms with van der Waals surface area (Å²) >= 11 is 0. The standard InChI is InChI=1S/C32H36N6/c1-23-5-13-27(14-6-23)35-31(33)37(29-17-9-25(3)10-18-29)21-22-38(30-19-11-26(4)12-20-30)32(34)36-28-15-7-24(2)8-16-28/h5-20H,21-22H2,1-4H3,(H2,33,35)(H2,34,36). The number of anilines is 4. The molecule has 4 aromatic carbocycles. The van der Waals surface area contributed by atoms with Crippen molar-refractivity contribution in [2.24, 2.45) is 0 Å². The van der Waals surface area contributed by atoms with Gasteiger partial charge in [-0.05, 0) is 76.2 Å². The molecular formula is C32H36N6. The first-order valence-electron chi connectivity index (χ1n) is 12.8. The van der Waals surface area contributed by atoms with Crippen LogP contribution in [0.1, 0.15) is 22.3 Å². The second-order valence-corrected chi connectivity index (χ2v) is 9.65. The summed E-state index contributed by atoms with van der Waals surface area (Å²) in [5, 5.41) is 24.4. The lowest BCUT2D eigenvalue weighted by Crippen LogP contribution is -2.45. The summed E-state index contributed by atoms with van der Waals surface area (Å²) in [7, 11) is 0. The summed E-state index contributed by atoms with van der Waals surface area (Å²) < 4.78 is 0. The van der Waals surface area contributed by atoms with Crippen LogP contribution >= 0.6 is 0 Å². The zero-order valence-corrected chi connectivity index (χ0v) is 22.5. The highest BCUT2D eigenvalue weighted by Crippen LogP contribution is 2.21. The van der Waals surface area contributed by atoms with Gasteiger partial charge < -0.3 is 20.4 Å². The van der Waals surface area contributed by atoms with Crippen molar-refractivity contribution in [2.75, 3.05) is 33.5 Å². The summed E-state index contributed by atoms with van der Waals surface area (Å²) in [6.07, 6.45) is 0. The molecule has 194 valence electrons. The highest BCUT2D eigenvalue weighted by atomic mass is 15.3. The molecule has 0 radical (unpaired) electrons. The largest absolute Gasteiger partial charge is 0.326 e. The lowest BCUT2D eigenvalue weighted by atomic mass is 10.2.